The molecule has 0 fully saturated rings. The van der Waals surface area contributed by atoms with E-state index in [1.807, 2.05) is 6.92 Å². The summed E-state index contributed by atoms with van der Waals surface area (Å²) in [5.74, 6) is 0.518. The predicted molar refractivity (Wildman–Crippen MR) is 77.6 cm³/mol. The van der Waals surface area contributed by atoms with Crippen molar-refractivity contribution in [3.8, 4) is 0 Å². The highest BCUT2D eigenvalue weighted by atomic mass is 16.3. The third kappa shape index (κ3) is 5.19. The lowest BCUT2D eigenvalue weighted by atomic mass is 9.94. The van der Waals surface area contributed by atoms with Gasteiger partial charge in [0, 0.05) is 13.1 Å². The van der Waals surface area contributed by atoms with Crippen LogP contribution in [-0.2, 0) is 13.0 Å². The summed E-state index contributed by atoms with van der Waals surface area (Å²) in [7, 11) is 0. The van der Waals surface area contributed by atoms with E-state index >= 15 is 0 Å². The minimum absolute atomic E-state index is 0.518. The molecule has 102 valence electrons. The van der Waals surface area contributed by atoms with Crippen LogP contribution in [0, 0.1) is 5.92 Å². The Hall–Kier alpha value is -0.860. The Morgan fingerprint density at radius 3 is 2.39 bits per heavy atom. The van der Waals surface area contributed by atoms with E-state index in [0.717, 1.165) is 19.4 Å². The fourth-order valence-electron chi connectivity index (χ4n) is 2.49. The molecule has 1 rings (SSSR count). The molecular formula is C16H27NO. The third-order valence-corrected chi connectivity index (χ3v) is 3.17. The van der Waals surface area contributed by atoms with Crippen molar-refractivity contribution in [3.63, 3.8) is 0 Å². The van der Waals surface area contributed by atoms with Crippen molar-refractivity contribution >= 4 is 0 Å². The number of rotatable bonds is 7. The lowest BCUT2D eigenvalue weighted by Crippen LogP contribution is -2.38. The highest BCUT2D eigenvalue weighted by Crippen LogP contribution is 2.15. The van der Waals surface area contributed by atoms with Crippen molar-refractivity contribution in [2.24, 2.45) is 5.92 Å². The average Bonchev–Trinajstić information content (AvgIpc) is 2.27. The zero-order valence-corrected chi connectivity index (χ0v) is 12.2. The lowest BCUT2D eigenvalue weighted by molar-refractivity contribution is 0.0383. The van der Waals surface area contributed by atoms with Crippen LogP contribution < -0.4 is 5.32 Å². The van der Waals surface area contributed by atoms with Crippen molar-refractivity contribution in [2.75, 3.05) is 6.54 Å². The molecule has 0 aliphatic carbocycles. The van der Waals surface area contributed by atoms with E-state index in [1.54, 1.807) is 0 Å². The summed E-state index contributed by atoms with van der Waals surface area (Å²) in [6, 6.07) is 8.48. The van der Waals surface area contributed by atoms with Crippen LogP contribution in [0.5, 0.6) is 0 Å². The molecule has 1 unspecified atom stereocenters. The topological polar surface area (TPSA) is 32.3 Å². The Balaban J connectivity index is 2.46. The van der Waals surface area contributed by atoms with Gasteiger partial charge < -0.3 is 10.4 Å². The normalized spacial score (nSPS) is 14.8. The van der Waals surface area contributed by atoms with Crippen LogP contribution >= 0.6 is 0 Å². The molecular weight excluding hydrogens is 222 g/mol. The predicted octanol–water partition coefficient (Wildman–Crippen LogP) is 3.14. The van der Waals surface area contributed by atoms with Gasteiger partial charge in [0.1, 0.15) is 0 Å². The number of aliphatic hydroxyl groups is 1. The molecule has 1 aromatic carbocycles. The van der Waals surface area contributed by atoms with Gasteiger partial charge in [0.2, 0.25) is 0 Å². The smallest absolute Gasteiger partial charge is 0.0746 e. The van der Waals surface area contributed by atoms with Crippen LogP contribution in [0.25, 0.3) is 0 Å². The van der Waals surface area contributed by atoms with Gasteiger partial charge in [-0.25, -0.2) is 0 Å². The largest absolute Gasteiger partial charge is 0.389 e. The maximum atomic E-state index is 10.2. The van der Waals surface area contributed by atoms with Gasteiger partial charge in [-0.2, -0.15) is 0 Å². The van der Waals surface area contributed by atoms with E-state index in [9.17, 15) is 5.11 Å². The fourth-order valence-corrected chi connectivity index (χ4v) is 2.49. The second-order valence-electron chi connectivity index (χ2n) is 5.82. The molecule has 0 heterocycles. The minimum Gasteiger partial charge on any atom is -0.389 e. The molecule has 1 aromatic rings. The first-order valence-electron chi connectivity index (χ1n) is 6.94. The summed E-state index contributed by atoms with van der Waals surface area (Å²) in [5.41, 5.74) is 2.10. The molecule has 0 amide bonds. The van der Waals surface area contributed by atoms with Gasteiger partial charge in [0.05, 0.1) is 5.60 Å². The molecule has 0 saturated carbocycles. The average molecular weight is 249 g/mol. The molecule has 0 aromatic heterocycles. The SMILES string of the molecule is CCc1ccccc1CNCC(C)(O)CC(C)C. The fraction of sp³-hybridized carbons (Fsp3) is 0.625. The van der Waals surface area contributed by atoms with E-state index in [0.29, 0.717) is 12.5 Å². The minimum atomic E-state index is -0.616. The Bertz CT molecular complexity index is 358. The van der Waals surface area contributed by atoms with Gasteiger partial charge in [-0.3, -0.25) is 0 Å². The number of hydrogen-bond donors (Lipinski definition) is 2. The van der Waals surface area contributed by atoms with Gasteiger partial charge in [0.25, 0.3) is 0 Å². The van der Waals surface area contributed by atoms with Gasteiger partial charge in [-0.05, 0) is 36.8 Å². The highest BCUT2D eigenvalue weighted by molar-refractivity contribution is 5.26. The number of benzene rings is 1. The molecule has 2 nitrogen and oxygen atoms in total. The van der Waals surface area contributed by atoms with Crippen LogP contribution in [0.2, 0.25) is 0 Å². The molecule has 0 aliphatic rings. The second-order valence-corrected chi connectivity index (χ2v) is 5.82. The van der Waals surface area contributed by atoms with Crippen molar-refractivity contribution in [1.82, 2.24) is 5.32 Å². The Morgan fingerprint density at radius 1 is 1.22 bits per heavy atom. The van der Waals surface area contributed by atoms with Gasteiger partial charge >= 0.3 is 0 Å². The summed E-state index contributed by atoms with van der Waals surface area (Å²) < 4.78 is 0. The van der Waals surface area contributed by atoms with Crippen LogP contribution in [0.3, 0.4) is 0 Å². The monoisotopic (exact) mass is 249 g/mol. The molecule has 0 radical (unpaired) electrons. The maximum Gasteiger partial charge on any atom is 0.0746 e. The zero-order valence-electron chi connectivity index (χ0n) is 12.2. The highest BCUT2D eigenvalue weighted by Gasteiger charge is 2.21. The van der Waals surface area contributed by atoms with Crippen molar-refractivity contribution in [2.45, 2.75) is 52.7 Å². The first-order valence-corrected chi connectivity index (χ1v) is 6.94. The Labute approximate surface area is 111 Å². The number of hydrogen-bond acceptors (Lipinski definition) is 2. The van der Waals surface area contributed by atoms with Crippen molar-refractivity contribution < 1.29 is 5.11 Å². The van der Waals surface area contributed by atoms with Crippen LogP contribution in [-0.4, -0.2) is 17.3 Å². The molecule has 0 aliphatic heterocycles. The Kier molecular flexibility index (Phi) is 5.83. The standard InChI is InChI=1S/C16H27NO/c1-5-14-8-6-7-9-15(14)11-17-12-16(4,18)10-13(2)3/h6-9,13,17-18H,5,10-12H2,1-4H3. The summed E-state index contributed by atoms with van der Waals surface area (Å²) in [5, 5.41) is 13.6. The summed E-state index contributed by atoms with van der Waals surface area (Å²) in [4.78, 5) is 0. The van der Waals surface area contributed by atoms with Crippen LogP contribution in [0.1, 0.15) is 45.2 Å². The molecule has 0 spiro atoms. The van der Waals surface area contributed by atoms with E-state index in [-0.39, 0.29) is 0 Å². The lowest BCUT2D eigenvalue weighted by Gasteiger charge is -2.26. The number of aryl methyl sites for hydroxylation is 1. The quantitative estimate of drug-likeness (QED) is 0.778. The Morgan fingerprint density at radius 2 is 1.83 bits per heavy atom. The van der Waals surface area contributed by atoms with E-state index in [4.69, 9.17) is 0 Å². The molecule has 18 heavy (non-hydrogen) atoms. The third-order valence-electron chi connectivity index (χ3n) is 3.17. The first kappa shape index (κ1) is 15.2. The van der Waals surface area contributed by atoms with Gasteiger partial charge in [-0.1, -0.05) is 45.0 Å². The summed E-state index contributed by atoms with van der Waals surface area (Å²) >= 11 is 0. The summed E-state index contributed by atoms with van der Waals surface area (Å²) in [6.45, 7) is 9.84. The van der Waals surface area contributed by atoms with Crippen LogP contribution in [0.15, 0.2) is 24.3 Å². The maximum absolute atomic E-state index is 10.2. The summed E-state index contributed by atoms with van der Waals surface area (Å²) in [6.07, 6.45) is 1.88. The van der Waals surface area contributed by atoms with Gasteiger partial charge in [-0.15, -0.1) is 0 Å². The molecule has 1 atom stereocenters. The van der Waals surface area contributed by atoms with Gasteiger partial charge in [0.15, 0.2) is 0 Å². The van der Waals surface area contributed by atoms with E-state index in [2.05, 4.69) is 50.4 Å². The second kappa shape index (κ2) is 6.91. The van der Waals surface area contributed by atoms with Crippen molar-refractivity contribution in [3.05, 3.63) is 35.4 Å². The van der Waals surface area contributed by atoms with Crippen LogP contribution in [0.4, 0.5) is 0 Å². The van der Waals surface area contributed by atoms with E-state index < -0.39 is 5.60 Å². The molecule has 0 saturated heterocycles. The molecule has 2 heteroatoms. The van der Waals surface area contributed by atoms with Crippen molar-refractivity contribution in [1.29, 1.82) is 0 Å². The first-order chi connectivity index (χ1) is 8.44. The van der Waals surface area contributed by atoms with E-state index in [1.165, 1.54) is 11.1 Å². The molecule has 2 N–H and O–H groups in total. The zero-order chi connectivity index (χ0) is 13.6. The number of nitrogens with one attached hydrogen (secondary N) is 1. The molecule has 0 bridgehead atoms.